The maximum Gasteiger partial charge on any atom is 0.348 e. The van der Waals surface area contributed by atoms with Crippen LogP contribution in [0.2, 0.25) is 0 Å². The van der Waals surface area contributed by atoms with Gasteiger partial charge in [-0.15, -0.1) is 11.3 Å². The van der Waals surface area contributed by atoms with Crippen LogP contribution in [0.3, 0.4) is 0 Å². The molecular formula is C15H13NO6S. The van der Waals surface area contributed by atoms with Crippen LogP contribution in [0.1, 0.15) is 30.5 Å². The second-order valence-corrected chi connectivity index (χ2v) is 5.63. The van der Waals surface area contributed by atoms with Gasteiger partial charge in [-0.3, -0.25) is 10.1 Å². The number of hydrogen-bond donors (Lipinski definition) is 0. The lowest BCUT2D eigenvalue weighted by atomic mass is 10.0. The molecule has 2 rings (SSSR count). The van der Waals surface area contributed by atoms with Gasteiger partial charge < -0.3 is 9.47 Å². The van der Waals surface area contributed by atoms with E-state index in [0.29, 0.717) is 16.0 Å². The van der Waals surface area contributed by atoms with Crippen LogP contribution < -0.4 is 0 Å². The van der Waals surface area contributed by atoms with Crippen LogP contribution in [0.5, 0.6) is 0 Å². The van der Waals surface area contributed by atoms with Gasteiger partial charge in [0.1, 0.15) is 4.88 Å². The van der Waals surface area contributed by atoms with Gasteiger partial charge in [-0.05, 0) is 11.6 Å². The Balaban J connectivity index is 2.44. The largest absolute Gasteiger partial charge is 0.465 e. The summed E-state index contributed by atoms with van der Waals surface area (Å²) in [5.74, 6) is -1.15. The van der Waals surface area contributed by atoms with Gasteiger partial charge in [-0.2, -0.15) is 0 Å². The molecule has 1 heterocycles. The Bertz CT molecular complexity index is 767. The molecule has 0 aliphatic heterocycles. The first kappa shape index (κ1) is 16.6. The Morgan fingerprint density at radius 2 is 1.83 bits per heavy atom. The lowest BCUT2D eigenvalue weighted by Gasteiger charge is -2.06. The van der Waals surface area contributed by atoms with Gasteiger partial charge >= 0.3 is 11.9 Å². The number of nitrogens with zero attached hydrogens (tertiary/aromatic N) is 1. The highest BCUT2D eigenvalue weighted by atomic mass is 32.1. The summed E-state index contributed by atoms with van der Waals surface area (Å²) in [6, 6.07) is 7.86. The van der Waals surface area contributed by atoms with Gasteiger partial charge in [-0.25, -0.2) is 9.59 Å². The van der Waals surface area contributed by atoms with Crippen molar-refractivity contribution in [2.24, 2.45) is 0 Å². The number of hydrogen-bond acceptors (Lipinski definition) is 7. The Morgan fingerprint density at radius 3 is 2.43 bits per heavy atom. The van der Waals surface area contributed by atoms with Crippen LogP contribution >= 0.6 is 11.3 Å². The molecule has 1 aromatic carbocycles. The Labute approximate surface area is 135 Å². The standard InChI is InChI=1S/C15H13NO6S/c1-21-14(17)10-6-4-3-5-9(10)7-12-11(16(19)20)8-13(23-12)15(18)22-2/h3-6,8H,7H2,1-2H3. The monoisotopic (exact) mass is 335 g/mol. The summed E-state index contributed by atoms with van der Waals surface area (Å²) in [7, 11) is 2.47. The van der Waals surface area contributed by atoms with Crippen molar-refractivity contribution in [3.63, 3.8) is 0 Å². The summed E-state index contributed by atoms with van der Waals surface area (Å²) in [5.41, 5.74) is 0.744. The summed E-state index contributed by atoms with van der Waals surface area (Å²) in [5, 5.41) is 11.2. The topological polar surface area (TPSA) is 95.7 Å². The predicted molar refractivity (Wildman–Crippen MR) is 82.9 cm³/mol. The molecule has 7 nitrogen and oxygen atoms in total. The van der Waals surface area contributed by atoms with E-state index < -0.39 is 16.9 Å². The molecular weight excluding hydrogens is 322 g/mol. The van der Waals surface area contributed by atoms with E-state index in [4.69, 9.17) is 4.74 Å². The minimum Gasteiger partial charge on any atom is -0.465 e. The lowest BCUT2D eigenvalue weighted by Crippen LogP contribution is -2.06. The highest BCUT2D eigenvalue weighted by Crippen LogP contribution is 2.32. The number of carbonyl (C=O) groups excluding carboxylic acids is 2. The Kier molecular flexibility index (Phi) is 5.07. The highest BCUT2D eigenvalue weighted by molar-refractivity contribution is 7.14. The van der Waals surface area contributed by atoms with Crippen molar-refractivity contribution in [2.75, 3.05) is 14.2 Å². The number of methoxy groups -OCH3 is 2. The van der Waals surface area contributed by atoms with E-state index in [9.17, 15) is 19.7 Å². The third-order valence-corrected chi connectivity index (χ3v) is 4.25. The number of rotatable bonds is 5. The molecule has 0 N–H and O–H groups in total. The SMILES string of the molecule is COC(=O)c1cc([N+](=O)[O-])c(Cc2ccccc2C(=O)OC)s1. The predicted octanol–water partition coefficient (Wildman–Crippen LogP) is 2.82. The molecule has 0 unspecified atom stereocenters. The molecule has 120 valence electrons. The smallest absolute Gasteiger partial charge is 0.348 e. The summed E-state index contributed by atoms with van der Waals surface area (Å²) in [6.45, 7) is 0. The molecule has 0 radical (unpaired) electrons. The number of ether oxygens (including phenoxy) is 2. The average molecular weight is 335 g/mol. The van der Waals surface area contributed by atoms with Gasteiger partial charge in [0.05, 0.1) is 29.6 Å². The maximum atomic E-state index is 11.8. The van der Waals surface area contributed by atoms with E-state index in [-0.39, 0.29) is 17.0 Å². The van der Waals surface area contributed by atoms with Crippen LogP contribution in [0, 0.1) is 10.1 Å². The first-order valence-corrected chi connectivity index (χ1v) is 7.31. The molecule has 0 spiro atoms. The summed E-state index contributed by atoms with van der Waals surface area (Å²) < 4.78 is 9.30. The number of nitro groups is 1. The van der Waals surface area contributed by atoms with Crippen molar-refractivity contribution in [1.29, 1.82) is 0 Å². The van der Waals surface area contributed by atoms with Crippen molar-refractivity contribution < 1.29 is 24.0 Å². The highest BCUT2D eigenvalue weighted by Gasteiger charge is 2.24. The zero-order valence-electron chi connectivity index (χ0n) is 12.4. The minimum atomic E-state index is -0.634. The van der Waals surface area contributed by atoms with Crippen molar-refractivity contribution in [2.45, 2.75) is 6.42 Å². The quantitative estimate of drug-likeness (QED) is 0.473. The molecule has 0 bridgehead atoms. The summed E-state index contributed by atoms with van der Waals surface area (Å²) >= 11 is 0.975. The third-order valence-electron chi connectivity index (χ3n) is 3.14. The first-order chi connectivity index (χ1) is 11.0. The van der Waals surface area contributed by atoms with Gasteiger partial charge in [0.15, 0.2) is 0 Å². The van der Waals surface area contributed by atoms with Crippen LogP contribution in [-0.4, -0.2) is 31.1 Å². The average Bonchev–Trinajstić information content (AvgIpc) is 2.98. The molecule has 0 saturated carbocycles. The van der Waals surface area contributed by atoms with E-state index in [1.54, 1.807) is 24.3 Å². The molecule has 8 heteroatoms. The number of benzene rings is 1. The molecule has 0 saturated heterocycles. The van der Waals surface area contributed by atoms with Gasteiger partial charge in [0, 0.05) is 12.5 Å². The van der Waals surface area contributed by atoms with Gasteiger partial charge in [0.25, 0.3) is 5.69 Å². The zero-order valence-corrected chi connectivity index (χ0v) is 13.2. The van der Waals surface area contributed by atoms with E-state index in [2.05, 4.69) is 4.74 Å². The molecule has 23 heavy (non-hydrogen) atoms. The fraction of sp³-hybridized carbons (Fsp3) is 0.200. The van der Waals surface area contributed by atoms with Crippen LogP contribution in [-0.2, 0) is 15.9 Å². The van der Waals surface area contributed by atoms with E-state index in [1.165, 1.54) is 20.3 Å². The maximum absolute atomic E-state index is 11.8. The second kappa shape index (κ2) is 7.01. The summed E-state index contributed by atoms with van der Waals surface area (Å²) in [6.07, 6.45) is 0.142. The van der Waals surface area contributed by atoms with E-state index in [1.807, 2.05) is 0 Å². The van der Waals surface area contributed by atoms with E-state index in [0.717, 1.165) is 11.3 Å². The molecule has 1 aromatic heterocycles. The lowest BCUT2D eigenvalue weighted by molar-refractivity contribution is -0.385. The Morgan fingerprint density at radius 1 is 1.17 bits per heavy atom. The Hall–Kier alpha value is -2.74. The van der Waals surface area contributed by atoms with Crippen molar-refractivity contribution in [1.82, 2.24) is 0 Å². The fourth-order valence-electron chi connectivity index (χ4n) is 2.06. The normalized spacial score (nSPS) is 10.2. The molecule has 0 aliphatic rings. The third kappa shape index (κ3) is 3.54. The van der Waals surface area contributed by atoms with E-state index >= 15 is 0 Å². The fourth-order valence-corrected chi connectivity index (χ4v) is 3.13. The molecule has 0 amide bonds. The van der Waals surface area contributed by atoms with Crippen molar-refractivity contribution in [3.05, 3.63) is 61.3 Å². The molecule has 2 aromatic rings. The van der Waals surface area contributed by atoms with Crippen LogP contribution in [0.4, 0.5) is 5.69 Å². The molecule has 0 fully saturated rings. The number of thiophene rings is 1. The number of carbonyl (C=O) groups is 2. The summed E-state index contributed by atoms with van der Waals surface area (Å²) in [4.78, 5) is 34.5. The van der Waals surface area contributed by atoms with Gasteiger partial charge in [0.2, 0.25) is 0 Å². The zero-order chi connectivity index (χ0) is 17.0. The minimum absolute atomic E-state index is 0.142. The second-order valence-electron chi connectivity index (χ2n) is 4.49. The van der Waals surface area contributed by atoms with Crippen molar-refractivity contribution >= 4 is 29.0 Å². The van der Waals surface area contributed by atoms with Crippen LogP contribution in [0.15, 0.2) is 30.3 Å². The van der Waals surface area contributed by atoms with Gasteiger partial charge in [-0.1, -0.05) is 18.2 Å². The van der Waals surface area contributed by atoms with Crippen LogP contribution in [0.25, 0.3) is 0 Å². The molecule has 0 atom stereocenters. The van der Waals surface area contributed by atoms with Crippen molar-refractivity contribution in [3.8, 4) is 0 Å². The number of esters is 2. The molecule has 0 aliphatic carbocycles. The first-order valence-electron chi connectivity index (χ1n) is 6.49.